The van der Waals surface area contributed by atoms with E-state index in [0.717, 1.165) is 25.8 Å². The van der Waals surface area contributed by atoms with E-state index in [2.05, 4.69) is 15.2 Å². The fourth-order valence-corrected chi connectivity index (χ4v) is 3.32. The molecule has 3 heterocycles. The smallest absolute Gasteiger partial charge is 0.108 e. The second-order valence-electron chi connectivity index (χ2n) is 5.91. The Morgan fingerprint density at radius 2 is 1.95 bits per heavy atom. The first-order valence-corrected chi connectivity index (χ1v) is 7.67. The molecule has 3 rings (SSSR count). The van der Waals surface area contributed by atoms with E-state index in [1.165, 1.54) is 38.8 Å². The Morgan fingerprint density at radius 3 is 2.60 bits per heavy atom. The normalized spacial score (nSPS) is 23.2. The molecule has 0 atom stereocenters. The summed E-state index contributed by atoms with van der Waals surface area (Å²) < 4.78 is 7.31. The third-order valence-electron chi connectivity index (χ3n) is 4.55. The molecule has 0 radical (unpaired) electrons. The van der Waals surface area contributed by atoms with Crippen molar-refractivity contribution in [3.8, 4) is 0 Å². The molecule has 6 nitrogen and oxygen atoms in total. The summed E-state index contributed by atoms with van der Waals surface area (Å²) in [6, 6.07) is 0.733. The number of aliphatic hydroxyl groups is 1. The summed E-state index contributed by atoms with van der Waals surface area (Å²) >= 11 is 0. The minimum absolute atomic E-state index is 0.0256. The van der Waals surface area contributed by atoms with Crippen LogP contribution in [0.25, 0.3) is 0 Å². The van der Waals surface area contributed by atoms with Crippen LogP contribution in [0, 0.1) is 5.92 Å². The summed E-state index contributed by atoms with van der Waals surface area (Å²) in [4.78, 5) is 2.64. The van der Waals surface area contributed by atoms with Crippen molar-refractivity contribution in [1.29, 1.82) is 0 Å². The Balaban J connectivity index is 1.45. The van der Waals surface area contributed by atoms with Gasteiger partial charge < -0.3 is 14.7 Å². The fourth-order valence-electron chi connectivity index (χ4n) is 3.32. The van der Waals surface area contributed by atoms with Crippen LogP contribution in [0.15, 0.2) is 6.20 Å². The van der Waals surface area contributed by atoms with Gasteiger partial charge in [-0.25, -0.2) is 0 Å². The van der Waals surface area contributed by atoms with E-state index in [4.69, 9.17) is 9.84 Å². The zero-order chi connectivity index (χ0) is 13.8. The standard InChI is InChI=1S/C14H24N4O2/c19-11-13-10-18(16-15-13)9-12-1-5-17(6-2-12)14-3-7-20-8-4-14/h10,12,14,19H,1-9,11H2. The predicted octanol–water partition coefficient (Wildman–Crippen LogP) is 0.661. The maximum absolute atomic E-state index is 9.00. The van der Waals surface area contributed by atoms with E-state index in [0.29, 0.717) is 11.6 Å². The highest BCUT2D eigenvalue weighted by Gasteiger charge is 2.26. The van der Waals surface area contributed by atoms with E-state index in [-0.39, 0.29) is 6.61 Å². The highest BCUT2D eigenvalue weighted by molar-refractivity contribution is 4.89. The monoisotopic (exact) mass is 280 g/mol. The summed E-state index contributed by atoms with van der Waals surface area (Å²) in [7, 11) is 0. The molecule has 1 aromatic heterocycles. The van der Waals surface area contributed by atoms with E-state index in [1.807, 2.05) is 10.9 Å². The van der Waals surface area contributed by atoms with Gasteiger partial charge in [-0.2, -0.15) is 0 Å². The lowest BCUT2D eigenvalue weighted by molar-refractivity contribution is 0.0197. The molecule has 1 N–H and O–H groups in total. The van der Waals surface area contributed by atoms with Gasteiger partial charge in [0.25, 0.3) is 0 Å². The second kappa shape index (κ2) is 6.65. The van der Waals surface area contributed by atoms with Crippen LogP contribution in [0.1, 0.15) is 31.4 Å². The highest BCUT2D eigenvalue weighted by Crippen LogP contribution is 2.24. The quantitative estimate of drug-likeness (QED) is 0.878. The van der Waals surface area contributed by atoms with Crippen molar-refractivity contribution in [2.24, 2.45) is 5.92 Å². The predicted molar refractivity (Wildman–Crippen MR) is 74.1 cm³/mol. The van der Waals surface area contributed by atoms with Crippen LogP contribution in [0.3, 0.4) is 0 Å². The molecule has 6 heteroatoms. The number of hydrogen-bond donors (Lipinski definition) is 1. The van der Waals surface area contributed by atoms with Crippen molar-refractivity contribution < 1.29 is 9.84 Å². The maximum atomic E-state index is 9.00. The summed E-state index contributed by atoms with van der Waals surface area (Å²) in [5, 5.41) is 17.0. The van der Waals surface area contributed by atoms with E-state index < -0.39 is 0 Å². The minimum atomic E-state index is -0.0256. The molecule has 112 valence electrons. The molecule has 2 aliphatic heterocycles. The van der Waals surface area contributed by atoms with Gasteiger partial charge in [0.15, 0.2) is 0 Å². The number of hydrogen-bond acceptors (Lipinski definition) is 5. The Labute approximate surface area is 119 Å². The Kier molecular flexibility index (Phi) is 4.65. The van der Waals surface area contributed by atoms with Crippen LogP contribution in [0.2, 0.25) is 0 Å². The van der Waals surface area contributed by atoms with Crippen molar-refractivity contribution >= 4 is 0 Å². The van der Waals surface area contributed by atoms with Gasteiger partial charge in [-0.05, 0) is 44.7 Å². The average Bonchev–Trinajstić information content (AvgIpc) is 2.97. The lowest BCUT2D eigenvalue weighted by Gasteiger charge is -2.39. The molecule has 0 bridgehead atoms. The van der Waals surface area contributed by atoms with Gasteiger partial charge >= 0.3 is 0 Å². The number of piperidine rings is 1. The number of ether oxygens (including phenoxy) is 1. The number of likely N-dealkylation sites (tertiary alicyclic amines) is 1. The van der Waals surface area contributed by atoms with Crippen LogP contribution in [0.4, 0.5) is 0 Å². The van der Waals surface area contributed by atoms with Crippen molar-refractivity contribution in [3.63, 3.8) is 0 Å². The SMILES string of the molecule is OCc1cn(CC2CCN(C3CCOCC3)CC2)nn1. The molecule has 0 aromatic carbocycles. The van der Waals surface area contributed by atoms with Crippen LogP contribution in [-0.4, -0.2) is 57.3 Å². The summed E-state index contributed by atoms with van der Waals surface area (Å²) in [6.07, 6.45) is 6.68. The van der Waals surface area contributed by atoms with Crippen LogP contribution >= 0.6 is 0 Å². The Morgan fingerprint density at radius 1 is 1.20 bits per heavy atom. The summed E-state index contributed by atoms with van der Waals surface area (Å²) in [5.74, 6) is 0.680. The topological polar surface area (TPSA) is 63.4 Å². The van der Waals surface area contributed by atoms with Gasteiger partial charge in [0.1, 0.15) is 5.69 Å². The van der Waals surface area contributed by atoms with Gasteiger partial charge in [-0.1, -0.05) is 5.21 Å². The summed E-state index contributed by atoms with van der Waals surface area (Å²) in [6.45, 7) is 5.13. The largest absolute Gasteiger partial charge is 0.390 e. The number of nitrogens with zero attached hydrogens (tertiary/aromatic N) is 4. The van der Waals surface area contributed by atoms with Crippen LogP contribution < -0.4 is 0 Å². The Bertz CT molecular complexity index is 409. The van der Waals surface area contributed by atoms with Crippen molar-refractivity contribution in [1.82, 2.24) is 19.9 Å². The zero-order valence-corrected chi connectivity index (χ0v) is 11.9. The number of rotatable bonds is 4. The van der Waals surface area contributed by atoms with Crippen LogP contribution in [0.5, 0.6) is 0 Å². The molecule has 2 saturated heterocycles. The molecule has 0 spiro atoms. The molecule has 20 heavy (non-hydrogen) atoms. The molecular formula is C14H24N4O2. The first-order chi connectivity index (χ1) is 9.85. The highest BCUT2D eigenvalue weighted by atomic mass is 16.5. The van der Waals surface area contributed by atoms with E-state index >= 15 is 0 Å². The lowest BCUT2D eigenvalue weighted by atomic mass is 9.94. The molecule has 2 aliphatic rings. The zero-order valence-electron chi connectivity index (χ0n) is 11.9. The average molecular weight is 280 g/mol. The number of aliphatic hydroxyl groups excluding tert-OH is 1. The van der Waals surface area contributed by atoms with Gasteiger partial charge in [-0.3, -0.25) is 4.68 Å². The fraction of sp³-hybridized carbons (Fsp3) is 0.857. The third kappa shape index (κ3) is 3.37. The lowest BCUT2D eigenvalue weighted by Crippen LogP contribution is -2.44. The molecular weight excluding hydrogens is 256 g/mol. The van der Waals surface area contributed by atoms with Crippen LogP contribution in [-0.2, 0) is 17.9 Å². The molecule has 0 aliphatic carbocycles. The first-order valence-electron chi connectivity index (χ1n) is 7.67. The molecule has 0 amide bonds. The van der Waals surface area contributed by atoms with Gasteiger partial charge in [-0.15, -0.1) is 5.10 Å². The first kappa shape index (κ1) is 14.0. The van der Waals surface area contributed by atoms with Gasteiger partial charge in [0, 0.05) is 25.8 Å². The van der Waals surface area contributed by atoms with E-state index in [1.54, 1.807) is 0 Å². The van der Waals surface area contributed by atoms with Crippen molar-refractivity contribution in [2.45, 2.75) is 44.9 Å². The minimum Gasteiger partial charge on any atom is -0.390 e. The molecule has 1 aromatic rings. The van der Waals surface area contributed by atoms with Gasteiger partial charge in [0.2, 0.25) is 0 Å². The van der Waals surface area contributed by atoms with Crippen molar-refractivity contribution in [3.05, 3.63) is 11.9 Å². The van der Waals surface area contributed by atoms with E-state index in [9.17, 15) is 0 Å². The third-order valence-corrected chi connectivity index (χ3v) is 4.55. The molecule has 0 unspecified atom stereocenters. The van der Waals surface area contributed by atoms with Crippen molar-refractivity contribution in [2.75, 3.05) is 26.3 Å². The molecule has 2 fully saturated rings. The molecule has 0 saturated carbocycles. The maximum Gasteiger partial charge on any atom is 0.108 e. The Hall–Kier alpha value is -0.980. The van der Waals surface area contributed by atoms with Gasteiger partial charge in [0.05, 0.1) is 12.8 Å². The summed E-state index contributed by atoms with van der Waals surface area (Å²) in [5.41, 5.74) is 0.657. The number of aromatic nitrogens is 3. The second-order valence-corrected chi connectivity index (χ2v) is 5.91.